The molecule has 0 saturated carbocycles. The Morgan fingerprint density at radius 1 is 0.471 bits per heavy atom. The Labute approximate surface area is 199 Å². The highest BCUT2D eigenvalue weighted by atomic mass is 16.5. The smallest absolute Gasteiger partial charge is 0.337 e. The highest BCUT2D eigenvalue weighted by molar-refractivity contribution is 5.96. The molecule has 0 atom stereocenters. The zero-order valence-electron chi connectivity index (χ0n) is 20.0. The minimum absolute atomic E-state index is 0.312. The highest BCUT2D eigenvalue weighted by Gasteiger charge is 2.15. The van der Waals surface area contributed by atoms with Gasteiger partial charge < -0.3 is 18.9 Å². The average molecular weight is 471 g/mol. The van der Waals surface area contributed by atoms with Crippen LogP contribution in [0, 0.1) is 0 Å². The Morgan fingerprint density at radius 2 is 0.735 bits per heavy atom. The van der Waals surface area contributed by atoms with Gasteiger partial charge in [0.05, 0.1) is 50.7 Å². The van der Waals surface area contributed by atoms with Crippen LogP contribution in [-0.2, 0) is 31.8 Å². The summed E-state index contributed by atoms with van der Waals surface area (Å²) >= 11 is 0. The molecule has 0 fully saturated rings. The average Bonchev–Trinajstić information content (AvgIpc) is 2.88. The van der Waals surface area contributed by atoms with E-state index in [1.807, 2.05) is 0 Å². The summed E-state index contributed by atoms with van der Waals surface area (Å²) in [4.78, 5) is 47.7. The second-order valence-corrected chi connectivity index (χ2v) is 7.72. The normalized spacial score (nSPS) is 10.4. The first kappa shape index (κ1) is 26.6. The number of aryl methyl sites for hydroxylation is 2. The maximum absolute atomic E-state index is 11.9. The number of hydrogen-bond donors (Lipinski definition) is 0. The van der Waals surface area contributed by atoms with Gasteiger partial charge in [0.2, 0.25) is 0 Å². The summed E-state index contributed by atoms with van der Waals surface area (Å²) in [5, 5.41) is 0. The number of hydrogen-bond acceptors (Lipinski definition) is 8. The second-order valence-electron chi connectivity index (χ2n) is 7.72. The highest BCUT2D eigenvalue weighted by Crippen LogP contribution is 2.18. The van der Waals surface area contributed by atoms with Gasteiger partial charge in [-0.3, -0.25) is 0 Å². The molecule has 0 unspecified atom stereocenters. The van der Waals surface area contributed by atoms with Crippen LogP contribution in [0.2, 0.25) is 0 Å². The van der Waals surface area contributed by atoms with Gasteiger partial charge in [-0.15, -0.1) is 0 Å². The Morgan fingerprint density at radius 3 is 0.971 bits per heavy atom. The number of methoxy groups -OCH3 is 4. The maximum Gasteiger partial charge on any atom is 0.337 e. The van der Waals surface area contributed by atoms with Crippen LogP contribution >= 0.6 is 0 Å². The van der Waals surface area contributed by atoms with Crippen LogP contribution in [0.4, 0.5) is 0 Å². The molecule has 34 heavy (non-hydrogen) atoms. The number of esters is 4. The first-order valence-electron chi connectivity index (χ1n) is 10.9. The summed E-state index contributed by atoms with van der Waals surface area (Å²) in [5.74, 6) is -2.03. The van der Waals surface area contributed by atoms with Gasteiger partial charge in [-0.1, -0.05) is 12.8 Å². The fraction of sp³-hybridized carbons (Fsp3) is 0.385. The Hall–Kier alpha value is -3.68. The van der Waals surface area contributed by atoms with Crippen molar-refractivity contribution in [2.45, 2.75) is 38.5 Å². The Kier molecular flexibility index (Phi) is 10.3. The summed E-state index contributed by atoms with van der Waals surface area (Å²) in [5.41, 5.74) is 2.97. The monoisotopic (exact) mass is 470 g/mol. The molecule has 0 bridgehead atoms. The van der Waals surface area contributed by atoms with E-state index in [9.17, 15) is 19.2 Å². The summed E-state index contributed by atoms with van der Waals surface area (Å²) in [6.07, 6.45) is 4.97. The van der Waals surface area contributed by atoms with Crippen LogP contribution < -0.4 is 0 Å². The van der Waals surface area contributed by atoms with Crippen molar-refractivity contribution in [3.63, 3.8) is 0 Å². The number of ether oxygens (including phenoxy) is 4. The molecular weight excluding hydrogens is 440 g/mol. The van der Waals surface area contributed by atoms with E-state index < -0.39 is 23.9 Å². The van der Waals surface area contributed by atoms with Crippen molar-refractivity contribution < 1.29 is 38.1 Å². The third-order valence-corrected chi connectivity index (χ3v) is 5.35. The van der Waals surface area contributed by atoms with Crippen molar-refractivity contribution in [2.75, 3.05) is 28.4 Å². The molecule has 0 aliphatic carbocycles. The van der Waals surface area contributed by atoms with Gasteiger partial charge in [-0.25, -0.2) is 19.2 Å². The van der Waals surface area contributed by atoms with Crippen LogP contribution in [0.5, 0.6) is 0 Å². The van der Waals surface area contributed by atoms with Gasteiger partial charge >= 0.3 is 23.9 Å². The molecule has 0 radical (unpaired) electrons. The molecule has 0 aromatic heterocycles. The quantitative estimate of drug-likeness (QED) is 0.274. The van der Waals surface area contributed by atoms with Crippen molar-refractivity contribution >= 4 is 23.9 Å². The van der Waals surface area contributed by atoms with Crippen molar-refractivity contribution in [2.24, 2.45) is 0 Å². The molecule has 8 heteroatoms. The zero-order chi connectivity index (χ0) is 25.1. The molecule has 0 N–H and O–H groups in total. The minimum Gasteiger partial charge on any atom is -0.465 e. The predicted octanol–water partition coefficient (Wildman–Crippen LogP) is 4.18. The lowest BCUT2D eigenvalue weighted by Gasteiger charge is -2.09. The summed E-state index contributed by atoms with van der Waals surface area (Å²) in [7, 11) is 5.17. The van der Waals surface area contributed by atoms with E-state index in [4.69, 9.17) is 18.9 Å². The van der Waals surface area contributed by atoms with Gasteiger partial charge in [0.15, 0.2) is 0 Å². The lowest BCUT2D eigenvalue weighted by molar-refractivity contribution is 0.0581. The van der Waals surface area contributed by atoms with Crippen molar-refractivity contribution in [3.05, 3.63) is 69.8 Å². The molecular formula is C26H30O8. The summed E-state index contributed by atoms with van der Waals surface area (Å²) in [6, 6.07) is 9.84. The zero-order valence-corrected chi connectivity index (χ0v) is 20.0. The fourth-order valence-corrected chi connectivity index (χ4v) is 3.63. The van der Waals surface area contributed by atoms with Crippen molar-refractivity contribution in [1.29, 1.82) is 0 Å². The molecule has 2 aromatic rings. The van der Waals surface area contributed by atoms with Gasteiger partial charge in [-0.2, -0.15) is 0 Å². The molecule has 0 amide bonds. The van der Waals surface area contributed by atoms with E-state index in [-0.39, 0.29) is 0 Å². The molecule has 0 heterocycles. The molecule has 0 saturated heterocycles. The lowest BCUT2D eigenvalue weighted by Crippen LogP contribution is -2.08. The van der Waals surface area contributed by atoms with Crippen LogP contribution in [0.25, 0.3) is 0 Å². The second kappa shape index (κ2) is 13.1. The Balaban J connectivity index is 1.94. The minimum atomic E-state index is -0.507. The van der Waals surface area contributed by atoms with E-state index in [2.05, 4.69) is 0 Å². The van der Waals surface area contributed by atoms with E-state index >= 15 is 0 Å². The number of carbonyl (C=O) groups excluding carboxylic acids is 4. The van der Waals surface area contributed by atoms with Crippen molar-refractivity contribution in [3.8, 4) is 0 Å². The number of unbranched alkanes of at least 4 members (excludes halogenated alkanes) is 3. The molecule has 0 aliphatic rings. The predicted molar refractivity (Wildman–Crippen MR) is 124 cm³/mol. The summed E-state index contributed by atoms with van der Waals surface area (Å²) < 4.78 is 19.1. The van der Waals surface area contributed by atoms with E-state index in [1.165, 1.54) is 40.6 Å². The number of benzene rings is 2. The van der Waals surface area contributed by atoms with Gasteiger partial charge in [0.1, 0.15) is 0 Å². The maximum atomic E-state index is 11.9. The molecule has 0 aliphatic heterocycles. The molecule has 0 spiro atoms. The topological polar surface area (TPSA) is 105 Å². The van der Waals surface area contributed by atoms with Crippen LogP contribution in [0.3, 0.4) is 0 Å². The number of rotatable bonds is 11. The first-order valence-corrected chi connectivity index (χ1v) is 10.9. The summed E-state index contributed by atoms with van der Waals surface area (Å²) in [6.45, 7) is 0. The van der Waals surface area contributed by atoms with E-state index in [0.717, 1.165) is 36.8 Å². The largest absolute Gasteiger partial charge is 0.465 e. The van der Waals surface area contributed by atoms with Gasteiger partial charge in [0.25, 0.3) is 0 Å². The third kappa shape index (κ3) is 7.43. The van der Waals surface area contributed by atoms with Crippen LogP contribution in [-0.4, -0.2) is 52.3 Å². The van der Waals surface area contributed by atoms with E-state index in [0.29, 0.717) is 35.1 Å². The lowest BCUT2D eigenvalue weighted by atomic mass is 9.98. The van der Waals surface area contributed by atoms with E-state index in [1.54, 1.807) is 24.3 Å². The molecule has 182 valence electrons. The third-order valence-electron chi connectivity index (χ3n) is 5.35. The van der Waals surface area contributed by atoms with Gasteiger partial charge in [-0.05, 0) is 73.2 Å². The Bertz CT molecular complexity index is 889. The SMILES string of the molecule is COC(=O)c1cc(CCCCCCc2cc(C(=O)OC)cc(C(=O)OC)c2)cc(C(=O)OC)c1. The molecule has 2 aromatic carbocycles. The molecule has 2 rings (SSSR count). The standard InChI is InChI=1S/C26H30O8/c1-31-23(27)19-11-17(12-20(15-19)24(28)32-2)9-7-5-6-8-10-18-13-21(25(29)33-3)16-22(14-18)26(30)34-4/h11-16H,5-10H2,1-4H3. The number of carbonyl (C=O) groups is 4. The molecule has 8 nitrogen and oxygen atoms in total. The van der Waals surface area contributed by atoms with Gasteiger partial charge in [0, 0.05) is 0 Å². The van der Waals surface area contributed by atoms with Crippen LogP contribution in [0.15, 0.2) is 36.4 Å². The first-order chi connectivity index (χ1) is 16.3. The van der Waals surface area contributed by atoms with Crippen molar-refractivity contribution in [1.82, 2.24) is 0 Å². The fourth-order valence-electron chi connectivity index (χ4n) is 3.63. The van der Waals surface area contributed by atoms with Crippen LogP contribution in [0.1, 0.15) is 78.2 Å².